The third-order valence-corrected chi connectivity index (χ3v) is 7.32. The van der Waals surface area contributed by atoms with E-state index in [-0.39, 0.29) is 41.8 Å². The molecule has 36 heavy (non-hydrogen) atoms. The lowest BCUT2D eigenvalue weighted by Crippen LogP contribution is -2.19. The Morgan fingerprint density at radius 2 is 1.81 bits per heavy atom. The van der Waals surface area contributed by atoms with Crippen LogP contribution >= 0.6 is 0 Å². The monoisotopic (exact) mass is 526 g/mol. The van der Waals surface area contributed by atoms with Gasteiger partial charge in [-0.1, -0.05) is 18.2 Å². The second kappa shape index (κ2) is 10.4. The molecule has 0 saturated carbocycles. The molecule has 1 atom stereocenters. The normalized spacial score (nSPS) is 15.8. The predicted molar refractivity (Wildman–Crippen MR) is 124 cm³/mol. The molecule has 1 N–H and O–H groups in total. The summed E-state index contributed by atoms with van der Waals surface area (Å²) in [6.07, 6.45) is -3.10. The van der Waals surface area contributed by atoms with E-state index in [9.17, 15) is 30.4 Å². The zero-order chi connectivity index (χ0) is 25.9. The fraction of sp³-hybridized carbons (Fsp3) is 0.320. The van der Waals surface area contributed by atoms with Gasteiger partial charge in [-0.05, 0) is 67.1 Å². The first-order chi connectivity index (χ1) is 17.1. The van der Waals surface area contributed by atoms with Crippen LogP contribution in [-0.2, 0) is 22.6 Å². The smallest absolute Gasteiger partial charge is 0.416 e. The molecular weight excluding hydrogens is 503 g/mol. The number of benzene rings is 2. The first-order valence-corrected chi connectivity index (χ1v) is 12.7. The van der Waals surface area contributed by atoms with E-state index in [4.69, 9.17) is 4.74 Å². The summed E-state index contributed by atoms with van der Waals surface area (Å²) in [5.74, 6) is -1.07. The standard InChI is InChI=1S/C25H23F5N2O3S/c26-12-2-1-4-16-14-17(25(28,29)30)7-9-19(16)20-11-13-35-22-15-18(8-10-21(20)22)36(33,34)32-24-6-3-5-23(27)31-24/h3,5-10,14-15,20H,1-2,4,11-13H2,(H,31,32). The van der Waals surface area contributed by atoms with Gasteiger partial charge in [-0.15, -0.1) is 0 Å². The van der Waals surface area contributed by atoms with Gasteiger partial charge in [0.2, 0.25) is 5.95 Å². The highest BCUT2D eigenvalue weighted by Gasteiger charge is 2.33. The number of ether oxygens (including phenoxy) is 1. The van der Waals surface area contributed by atoms with Crippen molar-refractivity contribution in [2.75, 3.05) is 18.0 Å². The van der Waals surface area contributed by atoms with Crippen LogP contribution in [0.4, 0.5) is 27.8 Å². The molecule has 1 unspecified atom stereocenters. The van der Waals surface area contributed by atoms with E-state index in [1.807, 2.05) is 0 Å². The van der Waals surface area contributed by atoms with Crippen molar-refractivity contribution < 1.29 is 35.1 Å². The Kier molecular flexibility index (Phi) is 7.49. The molecule has 2 heterocycles. The molecular formula is C25H23F5N2O3S. The average molecular weight is 527 g/mol. The Labute approximate surface area is 205 Å². The summed E-state index contributed by atoms with van der Waals surface area (Å²) in [4.78, 5) is 3.36. The van der Waals surface area contributed by atoms with Gasteiger partial charge in [0.15, 0.2) is 0 Å². The highest BCUT2D eigenvalue weighted by atomic mass is 32.2. The van der Waals surface area contributed by atoms with E-state index in [0.717, 1.165) is 18.2 Å². The third-order valence-electron chi connectivity index (χ3n) is 5.96. The maximum absolute atomic E-state index is 13.3. The summed E-state index contributed by atoms with van der Waals surface area (Å²) in [5, 5.41) is 0. The van der Waals surface area contributed by atoms with Crippen LogP contribution in [-0.4, -0.2) is 26.7 Å². The van der Waals surface area contributed by atoms with Gasteiger partial charge in [-0.25, -0.2) is 13.4 Å². The first-order valence-electron chi connectivity index (χ1n) is 11.3. The SMILES string of the molecule is O=S(=O)(Nc1cccc(F)n1)c1ccc2c(c1)OCCC2c1ccc(C(F)(F)F)cc1CCCCF. The maximum atomic E-state index is 13.3. The van der Waals surface area contributed by atoms with Crippen LogP contribution in [0.3, 0.4) is 0 Å². The Morgan fingerprint density at radius 1 is 1.03 bits per heavy atom. The number of alkyl halides is 4. The molecule has 1 aromatic heterocycles. The molecule has 0 bridgehead atoms. The Hall–Kier alpha value is -3.21. The number of aryl methyl sites for hydroxylation is 1. The van der Waals surface area contributed by atoms with Gasteiger partial charge in [-0.2, -0.15) is 17.6 Å². The van der Waals surface area contributed by atoms with Gasteiger partial charge in [0.25, 0.3) is 10.0 Å². The number of nitrogens with zero attached hydrogens (tertiary/aromatic N) is 1. The summed E-state index contributed by atoms with van der Waals surface area (Å²) in [6, 6.07) is 11.5. The van der Waals surface area contributed by atoms with Gasteiger partial charge >= 0.3 is 6.18 Å². The molecule has 2 aromatic carbocycles. The van der Waals surface area contributed by atoms with Crippen molar-refractivity contribution >= 4 is 15.8 Å². The molecule has 0 aliphatic carbocycles. The molecule has 1 aliphatic rings. The minimum Gasteiger partial charge on any atom is -0.493 e. The zero-order valence-corrected chi connectivity index (χ0v) is 19.8. The molecule has 0 spiro atoms. The van der Waals surface area contributed by atoms with E-state index in [1.54, 1.807) is 6.07 Å². The molecule has 192 valence electrons. The predicted octanol–water partition coefficient (Wildman–Crippen LogP) is 6.25. The largest absolute Gasteiger partial charge is 0.493 e. The quantitative estimate of drug-likeness (QED) is 0.214. The van der Waals surface area contributed by atoms with Crippen LogP contribution in [0.2, 0.25) is 0 Å². The van der Waals surface area contributed by atoms with E-state index in [2.05, 4.69) is 9.71 Å². The zero-order valence-electron chi connectivity index (χ0n) is 19.0. The van der Waals surface area contributed by atoms with Crippen molar-refractivity contribution in [3.63, 3.8) is 0 Å². The number of nitrogens with one attached hydrogen (secondary N) is 1. The lowest BCUT2D eigenvalue weighted by atomic mass is 9.82. The summed E-state index contributed by atoms with van der Waals surface area (Å²) < 4.78 is 99.5. The molecule has 0 fully saturated rings. The summed E-state index contributed by atoms with van der Waals surface area (Å²) in [5.41, 5.74) is 1.01. The van der Waals surface area contributed by atoms with Crippen molar-refractivity contribution in [1.29, 1.82) is 0 Å². The molecule has 0 amide bonds. The van der Waals surface area contributed by atoms with E-state index >= 15 is 0 Å². The minimum atomic E-state index is -4.51. The van der Waals surface area contributed by atoms with Gasteiger partial charge in [0.1, 0.15) is 11.6 Å². The molecule has 1 aliphatic heterocycles. The number of pyridine rings is 1. The van der Waals surface area contributed by atoms with E-state index < -0.39 is 34.4 Å². The lowest BCUT2D eigenvalue weighted by Gasteiger charge is -2.29. The van der Waals surface area contributed by atoms with E-state index in [1.165, 1.54) is 30.3 Å². The Morgan fingerprint density at radius 3 is 2.53 bits per heavy atom. The second-order valence-corrected chi connectivity index (χ2v) is 10.1. The van der Waals surface area contributed by atoms with Crippen LogP contribution in [0.1, 0.15) is 47.4 Å². The highest BCUT2D eigenvalue weighted by Crippen LogP contribution is 2.42. The van der Waals surface area contributed by atoms with Gasteiger partial charge in [0.05, 0.1) is 23.7 Å². The Balaban J connectivity index is 1.67. The molecule has 3 aromatic rings. The van der Waals surface area contributed by atoms with Crippen molar-refractivity contribution in [3.05, 3.63) is 82.8 Å². The van der Waals surface area contributed by atoms with Crippen LogP contribution in [0.25, 0.3) is 0 Å². The van der Waals surface area contributed by atoms with Crippen molar-refractivity contribution in [1.82, 2.24) is 4.98 Å². The minimum absolute atomic E-state index is 0.136. The molecule has 5 nitrogen and oxygen atoms in total. The molecule has 0 radical (unpaired) electrons. The highest BCUT2D eigenvalue weighted by molar-refractivity contribution is 7.92. The van der Waals surface area contributed by atoms with Gasteiger partial charge in [-0.3, -0.25) is 9.11 Å². The van der Waals surface area contributed by atoms with Crippen molar-refractivity contribution in [2.45, 2.75) is 42.7 Å². The maximum Gasteiger partial charge on any atom is 0.416 e. The van der Waals surface area contributed by atoms with Crippen LogP contribution in [0.5, 0.6) is 5.75 Å². The number of rotatable bonds is 8. The van der Waals surface area contributed by atoms with Crippen molar-refractivity contribution in [3.8, 4) is 5.75 Å². The summed E-state index contributed by atoms with van der Waals surface area (Å²) in [6.45, 7) is -0.324. The second-order valence-electron chi connectivity index (χ2n) is 8.40. The van der Waals surface area contributed by atoms with Crippen LogP contribution < -0.4 is 9.46 Å². The number of halogens is 5. The third kappa shape index (κ3) is 5.77. The number of unbranched alkanes of at least 4 members (excludes halogenated alkanes) is 1. The number of fused-ring (bicyclic) bond motifs is 1. The average Bonchev–Trinajstić information content (AvgIpc) is 2.82. The topological polar surface area (TPSA) is 68.3 Å². The lowest BCUT2D eigenvalue weighted by molar-refractivity contribution is -0.137. The number of sulfonamides is 1. The van der Waals surface area contributed by atoms with Gasteiger partial charge in [0, 0.05) is 17.5 Å². The molecule has 0 saturated heterocycles. The molecule has 11 heteroatoms. The molecule has 4 rings (SSSR count). The number of hydrogen-bond donors (Lipinski definition) is 1. The van der Waals surface area contributed by atoms with Crippen molar-refractivity contribution in [2.24, 2.45) is 0 Å². The van der Waals surface area contributed by atoms with E-state index in [0.29, 0.717) is 29.5 Å². The fourth-order valence-corrected chi connectivity index (χ4v) is 5.29. The number of anilines is 1. The first kappa shape index (κ1) is 25.9. The number of hydrogen-bond acceptors (Lipinski definition) is 4. The fourth-order valence-electron chi connectivity index (χ4n) is 4.27. The Bertz CT molecular complexity index is 1350. The number of aromatic nitrogens is 1. The summed E-state index contributed by atoms with van der Waals surface area (Å²) >= 11 is 0. The summed E-state index contributed by atoms with van der Waals surface area (Å²) in [7, 11) is -4.11. The van der Waals surface area contributed by atoms with Crippen LogP contribution in [0.15, 0.2) is 59.5 Å². The van der Waals surface area contributed by atoms with Gasteiger partial charge < -0.3 is 4.74 Å². The van der Waals surface area contributed by atoms with Crippen LogP contribution in [0, 0.1) is 5.95 Å².